The molecule has 2 heterocycles. The van der Waals surface area contributed by atoms with Crippen LogP contribution in [0.5, 0.6) is 0 Å². The highest BCUT2D eigenvalue weighted by molar-refractivity contribution is 5.82. The second-order valence-electron chi connectivity index (χ2n) is 4.64. The smallest absolute Gasteiger partial charge is 0.162 e. The van der Waals surface area contributed by atoms with Crippen LogP contribution in [0.4, 0.5) is 10.1 Å². The number of benzene rings is 1. The van der Waals surface area contributed by atoms with Crippen molar-refractivity contribution in [2.24, 2.45) is 0 Å². The van der Waals surface area contributed by atoms with Gasteiger partial charge in [0, 0.05) is 12.7 Å². The molecular weight excluding hydrogens is 255 g/mol. The minimum Gasteiger partial charge on any atom is -0.397 e. The molecule has 0 bridgehead atoms. The standard InChI is InChI=1S/C15H15FN4/c1-2-9-20-12-7-3-5-10(16)13(12)19-15(20)14-11(17)6-4-8-18-14/h3-8H,2,9,17H2,1H3. The molecule has 0 aliphatic carbocycles. The van der Waals surface area contributed by atoms with Gasteiger partial charge in [-0.3, -0.25) is 4.98 Å². The number of nitrogens with two attached hydrogens (primary N) is 1. The summed E-state index contributed by atoms with van der Waals surface area (Å²) in [5.41, 5.74) is 8.24. The molecule has 0 aliphatic heterocycles. The van der Waals surface area contributed by atoms with Gasteiger partial charge in [0.05, 0.1) is 11.2 Å². The van der Waals surface area contributed by atoms with E-state index in [9.17, 15) is 4.39 Å². The van der Waals surface area contributed by atoms with Gasteiger partial charge in [0.15, 0.2) is 11.6 Å². The van der Waals surface area contributed by atoms with Gasteiger partial charge in [-0.15, -0.1) is 0 Å². The molecule has 1 aromatic carbocycles. The van der Waals surface area contributed by atoms with E-state index in [0.29, 0.717) is 22.7 Å². The number of halogens is 1. The van der Waals surface area contributed by atoms with Gasteiger partial charge in [-0.05, 0) is 30.7 Å². The van der Waals surface area contributed by atoms with E-state index >= 15 is 0 Å². The van der Waals surface area contributed by atoms with Gasteiger partial charge < -0.3 is 10.3 Å². The number of pyridine rings is 1. The average Bonchev–Trinajstić information content (AvgIpc) is 2.80. The molecule has 2 aromatic heterocycles. The first-order valence-electron chi connectivity index (χ1n) is 6.58. The van der Waals surface area contributed by atoms with Crippen LogP contribution < -0.4 is 5.73 Å². The summed E-state index contributed by atoms with van der Waals surface area (Å²) in [5, 5.41) is 0. The quantitative estimate of drug-likeness (QED) is 0.795. The first kappa shape index (κ1) is 12.6. The van der Waals surface area contributed by atoms with Crippen LogP contribution in [-0.2, 0) is 6.54 Å². The second kappa shape index (κ2) is 4.92. The van der Waals surface area contributed by atoms with Crippen LogP contribution >= 0.6 is 0 Å². The zero-order chi connectivity index (χ0) is 14.1. The molecule has 20 heavy (non-hydrogen) atoms. The Morgan fingerprint density at radius 2 is 2.10 bits per heavy atom. The molecule has 2 N–H and O–H groups in total. The molecule has 0 fully saturated rings. The number of aromatic nitrogens is 3. The van der Waals surface area contributed by atoms with E-state index in [4.69, 9.17) is 5.73 Å². The summed E-state index contributed by atoms with van der Waals surface area (Å²) in [6.45, 7) is 2.81. The van der Waals surface area contributed by atoms with Crippen molar-refractivity contribution in [3.05, 3.63) is 42.3 Å². The molecule has 5 heteroatoms. The van der Waals surface area contributed by atoms with E-state index < -0.39 is 0 Å². The number of nitrogen functional groups attached to an aromatic ring is 1. The maximum atomic E-state index is 13.9. The minimum atomic E-state index is -0.326. The van der Waals surface area contributed by atoms with Crippen LogP contribution in [0.25, 0.3) is 22.6 Å². The Kier molecular flexibility index (Phi) is 3.10. The molecular formula is C15H15FN4. The van der Waals surface area contributed by atoms with Crippen molar-refractivity contribution in [3.8, 4) is 11.5 Å². The third-order valence-corrected chi connectivity index (χ3v) is 3.23. The number of imidazole rings is 1. The topological polar surface area (TPSA) is 56.7 Å². The SMILES string of the molecule is CCCn1c(-c2ncccc2N)nc2c(F)cccc21. The second-order valence-corrected chi connectivity index (χ2v) is 4.64. The highest BCUT2D eigenvalue weighted by atomic mass is 19.1. The van der Waals surface area contributed by atoms with Crippen molar-refractivity contribution in [2.45, 2.75) is 19.9 Å². The Labute approximate surface area is 116 Å². The third kappa shape index (κ3) is 1.91. The fraction of sp³-hybridized carbons (Fsp3) is 0.200. The summed E-state index contributed by atoms with van der Waals surface area (Å²) in [5.74, 6) is 0.290. The fourth-order valence-corrected chi connectivity index (χ4v) is 2.35. The third-order valence-electron chi connectivity index (χ3n) is 3.23. The Morgan fingerprint density at radius 3 is 2.85 bits per heavy atom. The van der Waals surface area contributed by atoms with Crippen molar-refractivity contribution in [3.63, 3.8) is 0 Å². The number of fused-ring (bicyclic) bond motifs is 1. The summed E-state index contributed by atoms with van der Waals surface area (Å²) in [4.78, 5) is 8.69. The molecule has 3 rings (SSSR count). The highest BCUT2D eigenvalue weighted by Crippen LogP contribution is 2.28. The van der Waals surface area contributed by atoms with Gasteiger partial charge in [-0.2, -0.15) is 0 Å². The zero-order valence-electron chi connectivity index (χ0n) is 11.2. The normalized spacial score (nSPS) is 11.1. The number of aryl methyl sites for hydroxylation is 1. The lowest BCUT2D eigenvalue weighted by molar-refractivity contribution is 0.637. The molecule has 102 valence electrons. The summed E-state index contributed by atoms with van der Waals surface area (Å²) in [6, 6.07) is 8.51. The predicted octanol–water partition coefficient (Wildman–Crippen LogP) is 3.23. The van der Waals surface area contributed by atoms with Gasteiger partial charge in [-0.1, -0.05) is 13.0 Å². The minimum absolute atomic E-state index is 0.326. The van der Waals surface area contributed by atoms with E-state index in [-0.39, 0.29) is 5.82 Å². The largest absolute Gasteiger partial charge is 0.397 e. The summed E-state index contributed by atoms with van der Waals surface area (Å²) in [7, 11) is 0. The number of para-hydroxylation sites is 1. The van der Waals surface area contributed by atoms with Crippen LogP contribution in [-0.4, -0.2) is 14.5 Å². The summed E-state index contributed by atoms with van der Waals surface area (Å²) >= 11 is 0. The molecule has 0 unspecified atom stereocenters. The van der Waals surface area contributed by atoms with E-state index in [1.54, 1.807) is 24.4 Å². The van der Waals surface area contributed by atoms with Gasteiger partial charge in [0.1, 0.15) is 11.2 Å². The van der Waals surface area contributed by atoms with E-state index in [0.717, 1.165) is 18.5 Å². The molecule has 0 saturated heterocycles. The summed E-state index contributed by atoms with van der Waals surface area (Å²) in [6.07, 6.45) is 2.58. The van der Waals surface area contributed by atoms with Gasteiger partial charge in [0.2, 0.25) is 0 Å². The molecule has 0 aliphatic rings. The van der Waals surface area contributed by atoms with Crippen LogP contribution in [0.2, 0.25) is 0 Å². The Morgan fingerprint density at radius 1 is 1.25 bits per heavy atom. The number of hydrogen-bond acceptors (Lipinski definition) is 3. The first-order chi connectivity index (χ1) is 9.72. The van der Waals surface area contributed by atoms with Gasteiger partial charge in [0.25, 0.3) is 0 Å². The predicted molar refractivity (Wildman–Crippen MR) is 77.6 cm³/mol. The fourth-order valence-electron chi connectivity index (χ4n) is 2.35. The first-order valence-corrected chi connectivity index (χ1v) is 6.58. The van der Waals surface area contributed by atoms with E-state index in [2.05, 4.69) is 16.9 Å². The number of anilines is 1. The Hall–Kier alpha value is -2.43. The number of hydrogen-bond donors (Lipinski definition) is 1. The molecule has 0 saturated carbocycles. The monoisotopic (exact) mass is 270 g/mol. The molecule has 3 aromatic rings. The van der Waals surface area contributed by atoms with Crippen LogP contribution in [0.3, 0.4) is 0 Å². The van der Waals surface area contributed by atoms with E-state index in [1.165, 1.54) is 6.07 Å². The molecule has 0 spiro atoms. The number of rotatable bonds is 3. The lowest BCUT2D eigenvalue weighted by atomic mass is 10.3. The van der Waals surface area contributed by atoms with Crippen LogP contribution in [0.1, 0.15) is 13.3 Å². The van der Waals surface area contributed by atoms with Crippen LogP contribution in [0, 0.1) is 5.82 Å². The van der Waals surface area contributed by atoms with Crippen molar-refractivity contribution in [2.75, 3.05) is 5.73 Å². The molecule has 0 amide bonds. The average molecular weight is 270 g/mol. The maximum absolute atomic E-state index is 13.9. The van der Waals surface area contributed by atoms with Crippen molar-refractivity contribution in [1.82, 2.24) is 14.5 Å². The van der Waals surface area contributed by atoms with Crippen LogP contribution in [0.15, 0.2) is 36.5 Å². The zero-order valence-corrected chi connectivity index (χ0v) is 11.2. The highest BCUT2D eigenvalue weighted by Gasteiger charge is 2.17. The maximum Gasteiger partial charge on any atom is 0.162 e. The van der Waals surface area contributed by atoms with Crippen molar-refractivity contribution in [1.29, 1.82) is 0 Å². The van der Waals surface area contributed by atoms with Crippen molar-refractivity contribution >= 4 is 16.7 Å². The van der Waals surface area contributed by atoms with Gasteiger partial charge >= 0.3 is 0 Å². The lowest BCUT2D eigenvalue weighted by Crippen LogP contribution is -2.03. The molecule has 0 atom stereocenters. The Bertz CT molecular complexity index is 764. The van der Waals surface area contributed by atoms with E-state index in [1.807, 2.05) is 10.6 Å². The summed E-state index contributed by atoms with van der Waals surface area (Å²) < 4.78 is 15.9. The van der Waals surface area contributed by atoms with Crippen molar-refractivity contribution < 1.29 is 4.39 Å². The number of nitrogens with zero attached hydrogens (tertiary/aromatic N) is 3. The Balaban J connectivity index is 2.32. The lowest BCUT2D eigenvalue weighted by Gasteiger charge is -2.08. The molecule has 0 radical (unpaired) electrons. The van der Waals surface area contributed by atoms with Gasteiger partial charge in [-0.25, -0.2) is 9.37 Å². The molecule has 4 nitrogen and oxygen atoms in total.